The molecule has 1 aliphatic heterocycles. The molecule has 29 heavy (non-hydrogen) atoms. The summed E-state index contributed by atoms with van der Waals surface area (Å²) in [5, 5.41) is 0. The van der Waals surface area contributed by atoms with Crippen LogP contribution < -0.4 is 5.69 Å². The Morgan fingerprint density at radius 2 is 1.55 bits per heavy atom. The van der Waals surface area contributed by atoms with Gasteiger partial charge in [0.25, 0.3) is 11.8 Å². The van der Waals surface area contributed by atoms with Crippen LogP contribution in [0, 0.1) is 0 Å². The van der Waals surface area contributed by atoms with Crippen LogP contribution in [0.2, 0.25) is 0 Å². The summed E-state index contributed by atoms with van der Waals surface area (Å²) >= 11 is 0. The van der Waals surface area contributed by atoms with Crippen LogP contribution in [0.25, 0.3) is 11.0 Å². The number of ketones is 1. The van der Waals surface area contributed by atoms with Crippen LogP contribution in [0.5, 0.6) is 0 Å². The number of benzene rings is 2. The topological polar surface area (TPSA) is 129 Å². The fourth-order valence-electron chi connectivity index (χ4n) is 3.15. The molecule has 2 N–H and O–H groups in total. The molecule has 4 rings (SSSR count). The highest BCUT2D eigenvalue weighted by Gasteiger charge is 2.35. The van der Waals surface area contributed by atoms with Crippen molar-refractivity contribution in [1.82, 2.24) is 14.9 Å². The second-order valence-electron chi connectivity index (χ2n) is 6.48. The fourth-order valence-corrected chi connectivity index (χ4v) is 3.15. The van der Waals surface area contributed by atoms with Gasteiger partial charge in [0, 0.05) is 12.1 Å². The highest BCUT2D eigenvalue weighted by Crippen LogP contribution is 2.22. The number of ether oxygens (including phenoxy) is 1. The van der Waals surface area contributed by atoms with Crippen molar-refractivity contribution in [2.24, 2.45) is 0 Å². The van der Waals surface area contributed by atoms with E-state index in [2.05, 4.69) is 9.97 Å². The van der Waals surface area contributed by atoms with Gasteiger partial charge in [-0.05, 0) is 30.3 Å². The molecule has 1 aromatic heterocycles. The minimum Gasteiger partial charge on any atom is -0.457 e. The molecule has 0 atom stereocenters. The predicted molar refractivity (Wildman–Crippen MR) is 101 cm³/mol. The van der Waals surface area contributed by atoms with E-state index in [0.29, 0.717) is 22.2 Å². The summed E-state index contributed by atoms with van der Waals surface area (Å²) in [7, 11) is 0. The summed E-state index contributed by atoms with van der Waals surface area (Å²) in [5.74, 6) is -2.05. The minimum atomic E-state index is -0.703. The van der Waals surface area contributed by atoms with E-state index >= 15 is 0 Å². The quantitative estimate of drug-likeness (QED) is 0.369. The molecule has 9 nitrogen and oxygen atoms in total. The number of fused-ring (bicyclic) bond motifs is 2. The maximum atomic E-state index is 12.3. The van der Waals surface area contributed by atoms with Crippen LogP contribution in [0.15, 0.2) is 47.3 Å². The van der Waals surface area contributed by atoms with Crippen LogP contribution in [0.3, 0.4) is 0 Å². The highest BCUT2D eigenvalue weighted by molar-refractivity contribution is 6.21. The molecule has 2 heterocycles. The standard InChI is InChI=1S/C20H15N3O6/c24-16(11-5-6-14-15(9-11)22-20(28)21-14)10-29-17(25)7-8-23-18(26)12-3-1-2-4-13(12)19(23)27/h1-6,9H,7-8,10H2,(H2,21,22,28). The molecule has 0 radical (unpaired) electrons. The van der Waals surface area contributed by atoms with Crippen molar-refractivity contribution in [3.63, 3.8) is 0 Å². The van der Waals surface area contributed by atoms with Gasteiger partial charge >= 0.3 is 11.7 Å². The third-order valence-corrected chi connectivity index (χ3v) is 4.62. The van der Waals surface area contributed by atoms with E-state index in [-0.39, 0.29) is 24.2 Å². The maximum absolute atomic E-state index is 12.3. The van der Waals surface area contributed by atoms with Crippen molar-refractivity contribution in [3.05, 3.63) is 69.6 Å². The largest absolute Gasteiger partial charge is 0.457 e. The van der Waals surface area contributed by atoms with Crippen LogP contribution >= 0.6 is 0 Å². The average Bonchev–Trinajstić information content (AvgIpc) is 3.21. The van der Waals surface area contributed by atoms with E-state index < -0.39 is 30.2 Å². The zero-order chi connectivity index (χ0) is 20.5. The monoisotopic (exact) mass is 393 g/mol. The fraction of sp³-hybridized carbons (Fsp3) is 0.150. The van der Waals surface area contributed by atoms with Gasteiger partial charge in [0.15, 0.2) is 12.4 Å². The Balaban J connectivity index is 1.32. The van der Waals surface area contributed by atoms with E-state index in [0.717, 1.165) is 4.90 Å². The molecule has 0 bridgehead atoms. The van der Waals surface area contributed by atoms with E-state index in [1.807, 2.05) is 0 Å². The van der Waals surface area contributed by atoms with E-state index in [1.165, 1.54) is 12.1 Å². The van der Waals surface area contributed by atoms with Crippen LogP contribution in [0.1, 0.15) is 37.5 Å². The smallest absolute Gasteiger partial charge is 0.323 e. The number of Topliss-reactive ketones (excluding diaryl/α,β-unsaturated/α-hetero) is 1. The molecule has 0 unspecified atom stereocenters. The van der Waals surface area contributed by atoms with Crippen molar-refractivity contribution in [2.45, 2.75) is 6.42 Å². The Hall–Kier alpha value is -4.01. The van der Waals surface area contributed by atoms with Crippen LogP contribution in [-0.2, 0) is 9.53 Å². The Kier molecular flexibility index (Phi) is 4.55. The zero-order valence-electron chi connectivity index (χ0n) is 15.1. The summed E-state index contributed by atoms with van der Waals surface area (Å²) in [6, 6.07) is 11.0. The summed E-state index contributed by atoms with van der Waals surface area (Å²) in [4.78, 5) is 66.0. The van der Waals surface area contributed by atoms with Crippen molar-refractivity contribution in [2.75, 3.05) is 13.2 Å². The number of nitrogens with zero attached hydrogens (tertiary/aromatic N) is 1. The van der Waals surface area contributed by atoms with E-state index in [9.17, 15) is 24.0 Å². The number of imidazole rings is 1. The SMILES string of the molecule is O=C(CCN1C(=O)c2ccccc2C1=O)OCC(=O)c1ccc2[nH]c(=O)[nH]c2c1. The van der Waals surface area contributed by atoms with Crippen molar-refractivity contribution >= 4 is 34.6 Å². The second-order valence-corrected chi connectivity index (χ2v) is 6.48. The van der Waals surface area contributed by atoms with Crippen LogP contribution in [0.4, 0.5) is 0 Å². The van der Waals surface area contributed by atoms with Gasteiger partial charge in [0.1, 0.15) is 0 Å². The molecule has 0 saturated carbocycles. The molecule has 2 aromatic carbocycles. The molecule has 0 saturated heterocycles. The molecule has 0 fully saturated rings. The first kappa shape index (κ1) is 18.4. The number of H-pyrrole nitrogens is 2. The third kappa shape index (κ3) is 3.45. The van der Waals surface area contributed by atoms with Gasteiger partial charge in [-0.1, -0.05) is 12.1 Å². The second kappa shape index (κ2) is 7.19. The first-order valence-corrected chi connectivity index (χ1v) is 8.80. The van der Waals surface area contributed by atoms with Crippen molar-refractivity contribution < 1.29 is 23.9 Å². The van der Waals surface area contributed by atoms with Gasteiger partial charge in [-0.25, -0.2) is 4.79 Å². The molecule has 0 aliphatic carbocycles. The Morgan fingerprint density at radius 1 is 0.897 bits per heavy atom. The number of amides is 2. The Morgan fingerprint density at radius 3 is 2.24 bits per heavy atom. The lowest BCUT2D eigenvalue weighted by Crippen LogP contribution is -2.32. The Bertz CT molecular complexity index is 1190. The molecule has 1 aliphatic rings. The number of carbonyl (C=O) groups excluding carboxylic acids is 4. The number of aromatic amines is 2. The molecular weight excluding hydrogens is 378 g/mol. The number of nitrogens with one attached hydrogen (secondary N) is 2. The first-order chi connectivity index (χ1) is 13.9. The van der Waals surface area contributed by atoms with Gasteiger partial charge < -0.3 is 14.7 Å². The summed E-state index contributed by atoms with van der Waals surface area (Å²) < 4.78 is 4.97. The number of rotatable bonds is 6. The van der Waals surface area contributed by atoms with Gasteiger partial charge in [-0.2, -0.15) is 0 Å². The number of carbonyl (C=O) groups is 4. The van der Waals surface area contributed by atoms with Crippen molar-refractivity contribution in [3.8, 4) is 0 Å². The minimum absolute atomic E-state index is 0.129. The molecule has 2 amide bonds. The highest BCUT2D eigenvalue weighted by atomic mass is 16.5. The lowest BCUT2D eigenvalue weighted by molar-refractivity contribution is -0.142. The number of imide groups is 1. The summed E-state index contributed by atoms with van der Waals surface area (Å²) in [5.41, 5.74) is 1.53. The molecular formula is C20H15N3O6. The average molecular weight is 393 g/mol. The van der Waals surface area contributed by atoms with E-state index in [4.69, 9.17) is 4.74 Å². The number of aromatic nitrogens is 2. The molecule has 146 valence electrons. The van der Waals surface area contributed by atoms with Crippen LogP contribution in [-0.4, -0.2) is 51.6 Å². The van der Waals surface area contributed by atoms with Gasteiger partial charge in [0.05, 0.1) is 28.6 Å². The molecule has 0 spiro atoms. The lowest BCUT2D eigenvalue weighted by Gasteiger charge is -2.13. The maximum Gasteiger partial charge on any atom is 0.323 e. The lowest BCUT2D eigenvalue weighted by atomic mass is 10.1. The number of hydrogen-bond acceptors (Lipinski definition) is 6. The number of hydrogen-bond donors (Lipinski definition) is 2. The van der Waals surface area contributed by atoms with Gasteiger partial charge in [-0.15, -0.1) is 0 Å². The molecule has 3 aromatic rings. The van der Waals surface area contributed by atoms with E-state index in [1.54, 1.807) is 30.3 Å². The summed E-state index contributed by atoms with van der Waals surface area (Å²) in [6.45, 7) is -0.614. The normalized spacial score (nSPS) is 13.0. The zero-order valence-corrected chi connectivity index (χ0v) is 15.1. The summed E-state index contributed by atoms with van der Waals surface area (Å²) in [6.07, 6.45) is -0.219. The number of esters is 1. The van der Waals surface area contributed by atoms with Gasteiger partial charge in [0.2, 0.25) is 0 Å². The predicted octanol–water partition coefficient (Wildman–Crippen LogP) is 1.27. The Labute approximate surface area is 163 Å². The molecule has 9 heteroatoms. The van der Waals surface area contributed by atoms with Gasteiger partial charge in [-0.3, -0.25) is 24.1 Å². The third-order valence-electron chi connectivity index (χ3n) is 4.62. The first-order valence-electron chi connectivity index (χ1n) is 8.80. The van der Waals surface area contributed by atoms with Crippen molar-refractivity contribution in [1.29, 1.82) is 0 Å².